The predicted octanol–water partition coefficient (Wildman–Crippen LogP) is 3.89. The Hall–Kier alpha value is -1.26. The first-order valence-electron chi connectivity index (χ1n) is 6.77. The van der Waals surface area contributed by atoms with Gasteiger partial charge in [-0.25, -0.2) is 9.37 Å². The molecule has 1 aromatic heterocycles. The van der Waals surface area contributed by atoms with Crippen LogP contribution in [0.15, 0.2) is 23.6 Å². The van der Waals surface area contributed by atoms with E-state index in [2.05, 4.69) is 36.5 Å². The number of rotatable bonds is 4. The fourth-order valence-electron chi connectivity index (χ4n) is 1.98. The molecule has 4 heteroatoms. The molecule has 0 amide bonds. The number of hydrogen-bond acceptors (Lipinski definition) is 3. The average molecular weight is 292 g/mol. The zero-order valence-electron chi connectivity index (χ0n) is 12.5. The number of benzene rings is 1. The lowest BCUT2D eigenvalue weighted by molar-refractivity contribution is 0.571. The number of nitrogens with zero attached hydrogens (tertiary/aromatic N) is 1. The van der Waals surface area contributed by atoms with Crippen molar-refractivity contribution in [1.29, 1.82) is 0 Å². The van der Waals surface area contributed by atoms with Gasteiger partial charge in [0.2, 0.25) is 0 Å². The van der Waals surface area contributed by atoms with Gasteiger partial charge in [-0.15, -0.1) is 11.3 Å². The molecule has 20 heavy (non-hydrogen) atoms. The van der Waals surface area contributed by atoms with Gasteiger partial charge in [0.25, 0.3) is 0 Å². The van der Waals surface area contributed by atoms with E-state index in [9.17, 15) is 4.39 Å². The van der Waals surface area contributed by atoms with E-state index in [1.165, 1.54) is 0 Å². The molecule has 0 saturated carbocycles. The van der Waals surface area contributed by atoms with Crippen molar-refractivity contribution in [3.63, 3.8) is 0 Å². The summed E-state index contributed by atoms with van der Waals surface area (Å²) in [6.45, 7) is 7.03. The molecule has 1 N–H and O–H groups in total. The Labute approximate surface area is 124 Å². The molecule has 0 aliphatic rings. The smallest absolute Gasteiger partial charge is 0.127 e. The number of aromatic nitrogens is 1. The molecule has 0 unspecified atom stereocenters. The summed E-state index contributed by atoms with van der Waals surface area (Å²) in [6, 6.07) is 5.30. The summed E-state index contributed by atoms with van der Waals surface area (Å²) >= 11 is 1.67. The van der Waals surface area contributed by atoms with Crippen molar-refractivity contribution in [1.82, 2.24) is 10.3 Å². The minimum absolute atomic E-state index is 0.0782. The summed E-state index contributed by atoms with van der Waals surface area (Å²) in [5, 5.41) is 6.19. The highest BCUT2D eigenvalue weighted by Crippen LogP contribution is 2.25. The summed E-state index contributed by atoms with van der Waals surface area (Å²) in [5.74, 6) is -0.155. The topological polar surface area (TPSA) is 24.9 Å². The summed E-state index contributed by atoms with van der Waals surface area (Å²) in [7, 11) is 1.82. The van der Waals surface area contributed by atoms with Crippen LogP contribution in [0.4, 0.5) is 4.39 Å². The van der Waals surface area contributed by atoms with Gasteiger partial charge in [-0.05, 0) is 18.7 Å². The van der Waals surface area contributed by atoms with Crippen LogP contribution in [0.5, 0.6) is 0 Å². The minimum Gasteiger partial charge on any atom is -0.316 e. The van der Waals surface area contributed by atoms with Crippen molar-refractivity contribution in [2.75, 3.05) is 7.05 Å². The van der Waals surface area contributed by atoms with Gasteiger partial charge in [-0.3, -0.25) is 0 Å². The monoisotopic (exact) mass is 292 g/mol. The SMILES string of the molecule is CNCc1cc(Cc2nc(C(C)(C)C)cs2)ccc1F. The molecule has 0 spiro atoms. The molecule has 0 atom stereocenters. The first kappa shape index (κ1) is 15.1. The van der Waals surface area contributed by atoms with Crippen LogP contribution >= 0.6 is 11.3 Å². The van der Waals surface area contributed by atoms with Crippen LogP contribution in [0.3, 0.4) is 0 Å². The predicted molar refractivity (Wildman–Crippen MR) is 82.8 cm³/mol. The first-order chi connectivity index (χ1) is 9.40. The maximum Gasteiger partial charge on any atom is 0.127 e. The standard InChI is InChI=1S/C16H21FN2S/c1-16(2,3)14-10-20-15(19-14)8-11-5-6-13(17)12(7-11)9-18-4/h5-7,10,18H,8-9H2,1-4H3. The maximum absolute atomic E-state index is 13.6. The number of thiazole rings is 1. The van der Waals surface area contributed by atoms with E-state index < -0.39 is 0 Å². The number of hydrogen-bond donors (Lipinski definition) is 1. The molecule has 0 aliphatic carbocycles. The van der Waals surface area contributed by atoms with Crippen LogP contribution in [0.2, 0.25) is 0 Å². The molecule has 2 aromatic rings. The van der Waals surface area contributed by atoms with Gasteiger partial charge < -0.3 is 5.32 Å². The van der Waals surface area contributed by atoms with Crippen LogP contribution in [-0.4, -0.2) is 12.0 Å². The third-order valence-corrected chi connectivity index (χ3v) is 4.00. The summed E-state index contributed by atoms with van der Waals surface area (Å²) in [6.07, 6.45) is 0.762. The molecule has 108 valence electrons. The molecule has 0 saturated heterocycles. The molecule has 2 rings (SSSR count). The lowest BCUT2D eigenvalue weighted by Crippen LogP contribution is -2.11. The minimum atomic E-state index is -0.155. The molecular weight excluding hydrogens is 271 g/mol. The van der Waals surface area contributed by atoms with Gasteiger partial charge in [0.15, 0.2) is 0 Å². The van der Waals surface area contributed by atoms with E-state index in [1.54, 1.807) is 17.4 Å². The fraction of sp³-hybridized carbons (Fsp3) is 0.438. The molecule has 0 bridgehead atoms. The van der Waals surface area contributed by atoms with Crippen LogP contribution in [-0.2, 0) is 18.4 Å². The molecule has 2 nitrogen and oxygen atoms in total. The van der Waals surface area contributed by atoms with Crippen molar-refractivity contribution in [2.24, 2.45) is 0 Å². The largest absolute Gasteiger partial charge is 0.316 e. The average Bonchev–Trinajstić information content (AvgIpc) is 2.82. The first-order valence-corrected chi connectivity index (χ1v) is 7.65. The Morgan fingerprint density at radius 3 is 2.65 bits per heavy atom. The van der Waals surface area contributed by atoms with E-state index in [-0.39, 0.29) is 11.2 Å². The van der Waals surface area contributed by atoms with E-state index in [1.807, 2.05) is 19.2 Å². The fourth-order valence-corrected chi connectivity index (χ4v) is 3.03. The zero-order chi connectivity index (χ0) is 14.8. The van der Waals surface area contributed by atoms with Gasteiger partial charge in [0.05, 0.1) is 10.7 Å². The Balaban J connectivity index is 2.18. The Kier molecular flexibility index (Phi) is 4.55. The highest BCUT2D eigenvalue weighted by atomic mass is 32.1. The highest BCUT2D eigenvalue weighted by Gasteiger charge is 2.17. The lowest BCUT2D eigenvalue weighted by Gasteiger charge is -2.14. The third kappa shape index (κ3) is 3.64. The molecule has 1 heterocycles. The van der Waals surface area contributed by atoms with Gasteiger partial charge in [0, 0.05) is 29.3 Å². The van der Waals surface area contributed by atoms with Gasteiger partial charge >= 0.3 is 0 Å². The number of halogens is 1. The Bertz CT molecular complexity index is 584. The molecule has 0 aliphatic heterocycles. The number of nitrogens with one attached hydrogen (secondary N) is 1. The zero-order valence-corrected chi connectivity index (χ0v) is 13.3. The van der Waals surface area contributed by atoms with E-state index >= 15 is 0 Å². The van der Waals surface area contributed by atoms with Crippen molar-refractivity contribution in [2.45, 2.75) is 39.2 Å². The second kappa shape index (κ2) is 6.02. The van der Waals surface area contributed by atoms with E-state index in [4.69, 9.17) is 0 Å². The normalized spacial score (nSPS) is 11.8. The maximum atomic E-state index is 13.6. The summed E-state index contributed by atoms with van der Waals surface area (Å²) in [5.41, 5.74) is 3.01. The summed E-state index contributed by atoms with van der Waals surface area (Å²) in [4.78, 5) is 4.68. The van der Waals surface area contributed by atoms with Crippen molar-refractivity contribution in [3.8, 4) is 0 Å². The van der Waals surface area contributed by atoms with Crippen molar-refractivity contribution in [3.05, 3.63) is 51.2 Å². The highest BCUT2D eigenvalue weighted by molar-refractivity contribution is 7.09. The van der Waals surface area contributed by atoms with Gasteiger partial charge in [-0.1, -0.05) is 32.9 Å². The summed E-state index contributed by atoms with van der Waals surface area (Å²) < 4.78 is 13.6. The van der Waals surface area contributed by atoms with Crippen molar-refractivity contribution >= 4 is 11.3 Å². The van der Waals surface area contributed by atoms with Crippen LogP contribution in [0.25, 0.3) is 0 Å². The molecule has 0 fully saturated rings. The molecule has 1 aromatic carbocycles. The quantitative estimate of drug-likeness (QED) is 0.924. The Morgan fingerprint density at radius 2 is 2.05 bits per heavy atom. The van der Waals surface area contributed by atoms with Crippen LogP contribution in [0.1, 0.15) is 42.6 Å². The van der Waals surface area contributed by atoms with Crippen LogP contribution in [0, 0.1) is 5.82 Å². The van der Waals surface area contributed by atoms with Crippen LogP contribution < -0.4 is 5.32 Å². The third-order valence-electron chi connectivity index (χ3n) is 3.15. The Morgan fingerprint density at radius 1 is 1.30 bits per heavy atom. The lowest BCUT2D eigenvalue weighted by atomic mass is 9.93. The molecular formula is C16H21FN2S. The van der Waals surface area contributed by atoms with Gasteiger partial charge in [0.1, 0.15) is 5.82 Å². The second-order valence-corrected chi connectivity index (χ2v) is 6.95. The van der Waals surface area contributed by atoms with E-state index in [0.29, 0.717) is 12.1 Å². The van der Waals surface area contributed by atoms with Crippen molar-refractivity contribution < 1.29 is 4.39 Å². The second-order valence-electron chi connectivity index (χ2n) is 6.01. The van der Waals surface area contributed by atoms with Gasteiger partial charge in [-0.2, -0.15) is 0 Å². The molecule has 0 radical (unpaired) electrons. The van der Waals surface area contributed by atoms with E-state index in [0.717, 1.165) is 22.7 Å².